The summed E-state index contributed by atoms with van der Waals surface area (Å²) in [5, 5.41) is 3.39. The molecule has 0 saturated heterocycles. The van der Waals surface area contributed by atoms with Crippen molar-refractivity contribution in [1.29, 1.82) is 0 Å². The first-order valence-electron chi connectivity index (χ1n) is 4.88. The second-order valence-corrected chi connectivity index (χ2v) is 4.63. The predicted molar refractivity (Wildman–Crippen MR) is 66.1 cm³/mol. The van der Waals surface area contributed by atoms with Crippen LogP contribution in [0.15, 0.2) is 18.2 Å². The molecular weight excluding hydrogens is 233 g/mol. The highest BCUT2D eigenvalue weighted by atomic mass is 35.5. The second kappa shape index (κ2) is 7.09. The number of thioether (sulfide) groups is 1. The largest absolute Gasteiger partial charge is 0.313 e. The second-order valence-electron chi connectivity index (χ2n) is 3.24. The molecule has 1 aromatic carbocycles. The molecule has 0 radical (unpaired) electrons. The third-order valence-corrected chi connectivity index (χ3v) is 3.04. The summed E-state index contributed by atoms with van der Waals surface area (Å²) in [6.07, 6.45) is 3.18. The third kappa shape index (κ3) is 4.41. The molecule has 0 bridgehead atoms. The van der Waals surface area contributed by atoms with E-state index in [1.165, 1.54) is 0 Å². The van der Waals surface area contributed by atoms with Gasteiger partial charge in [-0.2, -0.15) is 11.8 Å². The van der Waals surface area contributed by atoms with Crippen molar-refractivity contribution < 1.29 is 4.39 Å². The molecule has 0 aliphatic rings. The Kier molecular flexibility index (Phi) is 6.06. The molecule has 1 rings (SSSR count). The number of hydrogen-bond donors (Lipinski definition) is 1. The van der Waals surface area contributed by atoms with Gasteiger partial charge >= 0.3 is 0 Å². The minimum absolute atomic E-state index is 0.193. The van der Waals surface area contributed by atoms with Crippen LogP contribution in [0.1, 0.15) is 12.0 Å². The Morgan fingerprint density at radius 2 is 2.27 bits per heavy atom. The molecule has 15 heavy (non-hydrogen) atoms. The number of hydrogen-bond acceptors (Lipinski definition) is 2. The predicted octanol–water partition coefficient (Wildman–Crippen LogP) is 3.32. The van der Waals surface area contributed by atoms with Crippen molar-refractivity contribution >= 4 is 23.4 Å². The minimum atomic E-state index is -0.309. The van der Waals surface area contributed by atoms with Gasteiger partial charge in [-0.15, -0.1) is 0 Å². The molecule has 0 aromatic heterocycles. The SMILES string of the molecule is CSCCCNCc1cccc(Cl)c1F. The lowest BCUT2D eigenvalue weighted by Gasteiger charge is -2.06. The van der Waals surface area contributed by atoms with Crippen LogP contribution in [0.4, 0.5) is 4.39 Å². The standard InChI is InChI=1S/C11H15ClFNS/c1-15-7-3-6-14-8-9-4-2-5-10(12)11(9)13/h2,4-5,14H,3,6-8H2,1H3. The maximum Gasteiger partial charge on any atom is 0.146 e. The van der Waals surface area contributed by atoms with Crippen LogP contribution in [0.2, 0.25) is 5.02 Å². The molecule has 0 aliphatic carbocycles. The summed E-state index contributed by atoms with van der Waals surface area (Å²) < 4.78 is 13.4. The quantitative estimate of drug-likeness (QED) is 0.774. The summed E-state index contributed by atoms with van der Waals surface area (Å²) in [6.45, 7) is 1.45. The lowest BCUT2D eigenvalue weighted by atomic mass is 10.2. The zero-order valence-electron chi connectivity index (χ0n) is 8.72. The van der Waals surface area contributed by atoms with E-state index in [9.17, 15) is 4.39 Å². The summed E-state index contributed by atoms with van der Waals surface area (Å²) in [6, 6.07) is 5.08. The molecule has 0 atom stereocenters. The van der Waals surface area contributed by atoms with E-state index in [4.69, 9.17) is 11.6 Å². The molecule has 0 amide bonds. The molecule has 0 heterocycles. The van der Waals surface area contributed by atoms with Crippen LogP contribution in [0.5, 0.6) is 0 Å². The first-order valence-corrected chi connectivity index (χ1v) is 6.65. The molecule has 1 N–H and O–H groups in total. The van der Waals surface area contributed by atoms with Crippen LogP contribution in [0.3, 0.4) is 0 Å². The van der Waals surface area contributed by atoms with Crippen LogP contribution >= 0.6 is 23.4 Å². The molecule has 1 aromatic rings. The van der Waals surface area contributed by atoms with Crippen molar-refractivity contribution in [2.45, 2.75) is 13.0 Å². The van der Waals surface area contributed by atoms with E-state index < -0.39 is 0 Å². The summed E-state index contributed by atoms with van der Waals surface area (Å²) in [5.74, 6) is 0.821. The summed E-state index contributed by atoms with van der Waals surface area (Å²) in [4.78, 5) is 0. The van der Waals surface area contributed by atoms with Crippen molar-refractivity contribution in [3.05, 3.63) is 34.6 Å². The average molecular weight is 248 g/mol. The van der Waals surface area contributed by atoms with Crippen LogP contribution in [0, 0.1) is 5.82 Å². The van der Waals surface area contributed by atoms with Gasteiger partial charge < -0.3 is 5.32 Å². The molecule has 0 aliphatic heterocycles. The number of rotatable bonds is 6. The van der Waals surface area contributed by atoms with E-state index in [0.717, 1.165) is 18.7 Å². The summed E-state index contributed by atoms with van der Waals surface area (Å²) in [7, 11) is 0. The van der Waals surface area contributed by atoms with Crippen LogP contribution < -0.4 is 5.32 Å². The van der Waals surface area contributed by atoms with Crippen LogP contribution in [-0.4, -0.2) is 18.6 Å². The van der Waals surface area contributed by atoms with E-state index in [1.54, 1.807) is 18.2 Å². The van der Waals surface area contributed by atoms with Gasteiger partial charge in [-0.1, -0.05) is 23.7 Å². The highest BCUT2D eigenvalue weighted by Gasteiger charge is 2.04. The molecular formula is C11H15ClFNS. The molecule has 84 valence electrons. The maximum atomic E-state index is 13.4. The fraction of sp³-hybridized carbons (Fsp3) is 0.455. The van der Waals surface area contributed by atoms with Gasteiger partial charge in [-0.05, 0) is 31.0 Å². The van der Waals surface area contributed by atoms with Crippen molar-refractivity contribution in [2.75, 3.05) is 18.6 Å². The zero-order valence-corrected chi connectivity index (χ0v) is 10.3. The summed E-state index contributed by atoms with van der Waals surface area (Å²) >= 11 is 7.49. The normalized spacial score (nSPS) is 10.6. The molecule has 1 nitrogen and oxygen atoms in total. The van der Waals surface area contributed by atoms with E-state index in [-0.39, 0.29) is 10.8 Å². The van der Waals surface area contributed by atoms with Crippen molar-refractivity contribution in [3.63, 3.8) is 0 Å². The topological polar surface area (TPSA) is 12.0 Å². The van der Waals surface area contributed by atoms with Gasteiger partial charge in [-0.3, -0.25) is 0 Å². The van der Waals surface area contributed by atoms with Gasteiger partial charge in [0.2, 0.25) is 0 Å². The van der Waals surface area contributed by atoms with Gasteiger partial charge in [0.25, 0.3) is 0 Å². The first kappa shape index (κ1) is 12.8. The smallest absolute Gasteiger partial charge is 0.146 e. The van der Waals surface area contributed by atoms with Crippen LogP contribution in [0.25, 0.3) is 0 Å². The van der Waals surface area contributed by atoms with Gasteiger partial charge in [0.15, 0.2) is 0 Å². The molecule has 0 unspecified atom stereocenters. The van der Waals surface area contributed by atoms with Crippen molar-refractivity contribution in [3.8, 4) is 0 Å². The van der Waals surface area contributed by atoms with Gasteiger partial charge in [-0.25, -0.2) is 4.39 Å². The Balaban J connectivity index is 2.34. The van der Waals surface area contributed by atoms with Gasteiger partial charge in [0, 0.05) is 12.1 Å². The van der Waals surface area contributed by atoms with E-state index in [0.29, 0.717) is 12.1 Å². The fourth-order valence-electron chi connectivity index (χ4n) is 1.25. The molecule has 0 saturated carbocycles. The van der Waals surface area contributed by atoms with E-state index in [1.807, 2.05) is 11.8 Å². The number of nitrogens with one attached hydrogen (secondary N) is 1. The summed E-state index contributed by atoms with van der Waals surface area (Å²) in [5.41, 5.74) is 0.631. The van der Waals surface area contributed by atoms with Crippen LogP contribution in [-0.2, 0) is 6.54 Å². The maximum absolute atomic E-state index is 13.4. The van der Waals surface area contributed by atoms with E-state index in [2.05, 4.69) is 11.6 Å². The van der Waals surface area contributed by atoms with Gasteiger partial charge in [0.1, 0.15) is 5.82 Å². The lowest BCUT2D eigenvalue weighted by Crippen LogP contribution is -2.16. The fourth-order valence-corrected chi connectivity index (χ4v) is 1.88. The van der Waals surface area contributed by atoms with Gasteiger partial charge in [0.05, 0.1) is 5.02 Å². The Bertz CT molecular complexity index is 307. The Morgan fingerprint density at radius 1 is 1.47 bits per heavy atom. The van der Waals surface area contributed by atoms with Crippen molar-refractivity contribution in [1.82, 2.24) is 5.32 Å². The van der Waals surface area contributed by atoms with E-state index >= 15 is 0 Å². The Morgan fingerprint density at radius 3 is 3.00 bits per heavy atom. The molecule has 4 heteroatoms. The Labute approximate surface area is 99.4 Å². The van der Waals surface area contributed by atoms with Crippen molar-refractivity contribution in [2.24, 2.45) is 0 Å². The third-order valence-electron chi connectivity index (χ3n) is 2.05. The zero-order chi connectivity index (χ0) is 11.1. The molecule has 0 spiro atoms. The number of halogens is 2. The molecule has 0 fully saturated rings. The lowest BCUT2D eigenvalue weighted by molar-refractivity contribution is 0.587. The minimum Gasteiger partial charge on any atom is -0.313 e. The number of benzene rings is 1. The highest BCUT2D eigenvalue weighted by Crippen LogP contribution is 2.17. The monoisotopic (exact) mass is 247 g/mol. The highest BCUT2D eigenvalue weighted by molar-refractivity contribution is 7.98. The Hall–Kier alpha value is -0.250. The average Bonchev–Trinajstić information content (AvgIpc) is 2.24. The first-order chi connectivity index (χ1) is 7.25.